The zero-order valence-corrected chi connectivity index (χ0v) is 24.9. The average Bonchev–Trinajstić information content (AvgIpc) is 2.96. The first-order chi connectivity index (χ1) is 19.9. The number of hydrogen-bond acceptors (Lipinski definition) is 8. The zero-order valence-electron chi connectivity index (χ0n) is 24.0. The van der Waals surface area contributed by atoms with Gasteiger partial charge in [0, 0.05) is 13.5 Å². The van der Waals surface area contributed by atoms with Gasteiger partial charge in [-0.05, 0) is 55.0 Å². The number of amides is 5. The van der Waals surface area contributed by atoms with Gasteiger partial charge in [0.15, 0.2) is 0 Å². The van der Waals surface area contributed by atoms with Crippen molar-refractivity contribution in [3.05, 3.63) is 65.7 Å². The number of likely N-dealkylation sites (N-methyl/N-ethyl adjacent to an activating group) is 1. The molecular weight excluding hydrogens is 560 g/mol. The van der Waals surface area contributed by atoms with Gasteiger partial charge < -0.3 is 37.4 Å². The maximum atomic E-state index is 13.4. The van der Waals surface area contributed by atoms with Gasteiger partial charge in [-0.1, -0.05) is 42.5 Å². The monoisotopic (exact) mass is 600 g/mol. The number of carbonyl (C=O) groups is 5. The number of hydrogen-bond donors (Lipinski definition) is 6. The molecule has 0 spiro atoms. The van der Waals surface area contributed by atoms with E-state index in [1.54, 1.807) is 24.3 Å². The van der Waals surface area contributed by atoms with Gasteiger partial charge in [-0.2, -0.15) is 11.8 Å². The minimum atomic E-state index is -1.02. The molecule has 0 fully saturated rings. The largest absolute Gasteiger partial charge is 0.508 e. The number of nitrogens with two attached hydrogens (primary N) is 2. The summed E-state index contributed by atoms with van der Waals surface area (Å²) in [6.07, 6.45) is 2.60. The highest BCUT2D eigenvalue weighted by Crippen LogP contribution is 2.12. The van der Waals surface area contributed by atoms with Crippen LogP contribution < -0.4 is 27.4 Å². The number of nitrogens with zero attached hydrogens (tertiary/aromatic N) is 1. The molecule has 0 bridgehead atoms. The van der Waals surface area contributed by atoms with Gasteiger partial charge in [0.25, 0.3) is 0 Å². The summed E-state index contributed by atoms with van der Waals surface area (Å²) < 4.78 is 0. The Morgan fingerprint density at radius 2 is 1.55 bits per heavy atom. The second kappa shape index (κ2) is 17.0. The molecule has 0 aliphatic rings. The third-order valence-corrected chi connectivity index (χ3v) is 7.20. The second-order valence-corrected chi connectivity index (χ2v) is 10.9. The van der Waals surface area contributed by atoms with Gasteiger partial charge in [0.05, 0.1) is 12.6 Å². The van der Waals surface area contributed by atoms with E-state index >= 15 is 0 Å². The van der Waals surface area contributed by atoms with E-state index in [2.05, 4.69) is 16.0 Å². The van der Waals surface area contributed by atoms with Crippen molar-refractivity contribution in [2.45, 2.75) is 50.4 Å². The molecule has 0 saturated heterocycles. The van der Waals surface area contributed by atoms with Crippen LogP contribution in [0.1, 0.15) is 24.5 Å². The van der Waals surface area contributed by atoms with Gasteiger partial charge in [-0.25, -0.2) is 0 Å². The van der Waals surface area contributed by atoms with Crippen LogP contribution in [0, 0.1) is 0 Å². The van der Waals surface area contributed by atoms with Crippen LogP contribution in [-0.2, 0) is 36.8 Å². The number of primary amides is 1. The van der Waals surface area contributed by atoms with E-state index in [0.717, 1.165) is 11.1 Å². The number of nitrogens with one attached hydrogen (secondary N) is 3. The Balaban J connectivity index is 1.98. The van der Waals surface area contributed by atoms with E-state index in [4.69, 9.17) is 11.5 Å². The average molecular weight is 601 g/mol. The number of aromatic hydroxyl groups is 1. The Hall–Kier alpha value is -4.10. The minimum Gasteiger partial charge on any atom is -0.508 e. The summed E-state index contributed by atoms with van der Waals surface area (Å²) in [6, 6.07) is 11.5. The fourth-order valence-electron chi connectivity index (χ4n) is 4.14. The maximum absolute atomic E-state index is 13.4. The van der Waals surface area contributed by atoms with Crippen molar-refractivity contribution in [2.24, 2.45) is 11.5 Å². The Morgan fingerprint density at radius 3 is 2.14 bits per heavy atom. The van der Waals surface area contributed by atoms with Crippen LogP contribution in [0.25, 0.3) is 0 Å². The van der Waals surface area contributed by atoms with Crippen molar-refractivity contribution < 1.29 is 29.1 Å². The quantitative estimate of drug-likeness (QED) is 0.151. The van der Waals surface area contributed by atoms with Crippen LogP contribution in [0.5, 0.6) is 5.75 Å². The molecule has 0 aliphatic heterocycles. The van der Waals surface area contributed by atoms with Gasteiger partial charge in [0.2, 0.25) is 29.5 Å². The van der Waals surface area contributed by atoms with Crippen LogP contribution in [0.15, 0.2) is 54.6 Å². The Kier molecular flexibility index (Phi) is 13.8. The summed E-state index contributed by atoms with van der Waals surface area (Å²) in [4.78, 5) is 64.6. The third-order valence-electron chi connectivity index (χ3n) is 6.56. The molecule has 13 heteroatoms. The first kappa shape index (κ1) is 34.1. The molecule has 8 N–H and O–H groups in total. The highest BCUT2D eigenvalue weighted by Gasteiger charge is 2.31. The smallest absolute Gasteiger partial charge is 0.245 e. The lowest BCUT2D eigenvalue weighted by Crippen LogP contribution is -2.56. The summed E-state index contributed by atoms with van der Waals surface area (Å²) in [5.74, 6) is -2.24. The van der Waals surface area contributed by atoms with Crippen molar-refractivity contribution in [1.29, 1.82) is 0 Å². The van der Waals surface area contributed by atoms with Crippen molar-refractivity contribution in [1.82, 2.24) is 20.9 Å². The molecule has 4 atom stereocenters. The zero-order chi connectivity index (χ0) is 31.2. The maximum Gasteiger partial charge on any atom is 0.245 e. The van der Waals surface area contributed by atoms with Crippen LogP contribution >= 0.6 is 11.8 Å². The first-order valence-electron chi connectivity index (χ1n) is 13.4. The molecule has 5 amide bonds. The molecule has 228 valence electrons. The Labute approximate surface area is 250 Å². The summed E-state index contributed by atoms with van der Waals surface area (Å²) >= 11 is 1.52. The predicted octanol–water partition coefficient (Wildman–Crippen LogP) is -0.324. The summed E-state index contributed by atoms with van der Waals surface area (Å²) in [5, 5.41) is 17.0. The number of benzene rings is 2. The number of thioether (sulfide) groups is 1. The van der Waals surface area contributed by atoms with Crippen LogP contribution in [-0.4, -0.2) is 89.3 Å². The van der Waals surface area contributed by atoms with E-state index in [1.165, 1.54) is 42.8 Å². The van der Waals surface area contributed by atoms with Crippen molar-refractivity contribution in [3.63, 3.8) is 0 Å². The third kappa shape index (κ3) is 11.1. The number of rotatable bonds is 16. The summed E-state index contributed by atoms with van der Waals surface area (Å²) in [7, 11) is 1.47. The summed E-state index contributed by atoms with van der Waals surface area (Å²) in [6.45, 7) is 1.00. The molecule has 2 rings (SSSR count). The Morgan fingerprint density at radius 1 is 0.929 bits per heavy atom. The topological polar surface area (TPSA) is 197 Å². The van der Waals surface area contributed by atoms with Crippen molar-refractivity contribution in [2.75, 3.05) is 25.6 Å². The fourth-order valence-corrected chi connectivity index (χ4v) is 4.59. The molecule has 2 aromatic rings. The molecule has 0 heterocycles. The van der Waals surface area contributed by atoms with Crippen molar-refractivity contribution in [3.8, 4) is 5.75 Å². The van der Waals surface area contributed by atoms with Gasteiger partial charge in [0.1, 0.15) is 23.9 Å². The molecule has 2 aromatic carbocycles. The van der Waals surface area contributed by atoms with Crippen LogP contribution in [0.4, 0.5) is 0 Å². The lowest BCUT2D eigenvalue weighted by molar-refractivity contribution is -0.141. The minimum absolute atomic E-state index is 0.0925. The van der Waals surface area contributed by atoms with Gasteiger partial charge >= 0.3 is 0 Å². The highest BCUT2D eigenvalue weighted by molar-refractivity contribution is 7.98. The lowest BCUT2D eigenvalue weighted by atomic mass is 10.0. The normalized spacial score (nSPS) is 13.6. The Bertz CT molecular complexity index is 1210. The molecule has 12 nitrogen and oxygen atoms in total. The summed E-state index contributed by atoms with van der Waals surface area (Å²) in [5.41, 5.74) is 13.0. The molecular formula is C29H40N6O6S. The van der Waals surface area contributed by atoms with Crippen LogP contribution in [0.2, 0.25) is 0 Å². The first-order valence-corrected chi connectivity index (χ1v) is 14.8. The van der Waals surface area contributed by atoms with E-state index in [1.807, 2.05) is 24.5 Å². The SMILES string of the molecule is CSCC[C@@H](C(N)=O)N(C)C(=O)[C@@H](Cc1ccccc1)NC(=O)CNC(=O)[C@@H](C)NC(=O)[C@@H](N)Cc1ccc(O)cc1. The van der Waals surface area contributed by atoms with E-state index in [-0.39, 0.29) is 18.6 Å². The van der Waals surface area contributed by atoms with Gasteiger partial charge in [-0.3, -0.25) is 24.0 Å². The second-order valence-electron chi connectivity index (χ2n) is 9.88. The van der Waals surface area contributed by atoms with Crippen molar-refractivity contribution >= 4 is 41.3 Å². The molecule has 0 aromatic heterocycles. The number of phenolic OH excluding ortho intramolecular Hbond substituents is 1. The molecule has 0 saturated carbocycles. The fraction of sp³-hybridized carbons (Fsp3) is 0.414. The highest BCUT2D eigenvalue weighted by atomic mass is 32.2. The number of carbonyl (C=O) groups excluding carboxylic acids is 5. The molecule has 0 radical (unpaired) electrons. The molecule has 42 heavy (non-hydrogen) atoms. The van der Waals surface area contributed by atoms with E-state index in [0.29, 0.717) is 12.2 Å². The predicted molar refractivity (Wildman–Crippen MR) is 161 cm³/mol. The standard InChI is InChI=1S/C29H40N6O6S/c1-18(33-28(40)22(30)15-20-9-11-21(36)12-10-20)27(39)32-17-25(37)34-23(16-19-7-5-4-6-8-19)29(41)35(2)24(26(31)38)13-14-42-3/h4-12,18,22-24,36H,13-17,30H2,1-3H3,(H2,31,38)(H,32,39)(H,33,40)(H,34,37)/t18-,22+,23-,24+/m1/s1. The lowest BCUT2D eigenvalue weighted by Gasteiger charge is -2.30. The van der Waals surface area contributed by atoms with Gasteiger partial charge in [-0.15, -0.1) is 0 Å². The van der Waals surface area contributed by atoms with E-state index in [9.17, 15) is 29.1 Å². The van der Waals surface area contributed by atoms with Crippen LogP contribution in [0.3, 0.4) is 0 Å². The van der Waals surface area contributed by atoms with E-state index < -0.39 is 60.2 Å². The number of phenols is 1. The molecule has 0 unspecified atom stereocenters. The molecule has 0 aliphatic carbocycles.